The normalized spacial score (nSPS) is 28.7. The van der Waals surface area contributed by atoms with Crippen LogP contribution in [0.15, 0.2) is 0 Å². The summed E-state index contributed by atoms with van der Waals surface area (Å²) in [5.74, 6) is 3.48. The van der Waals surface area contributed by atoms with Crippen LogP contribution < -0.4 is 4.74 Å². The number of hydrogen-bond acceptors (Lipinski definition) is 4. The number of aryl methyl sites for hydroxylation is 1. The first kappa shape index (κ1) is 11.2. The van der Waals surface area contributed by atoms with Gasteiger partial charge in [-0.15, -0.1) is 15.3 Å². The van der Waals surface area contributed by atoms with Crippen LogP contribution in [0.4, 0.5) is 0 Å². The van der Waals surface area contributed by atoms with Gasteiger partial charge in [-0.25, -0.2) is 0 Å². The topological polar surface area (TPSA) is 52.3 Å². The summed E-state index contributed by atoms with van der Waals surface area (Å²) >= 11 is 0. The maximum atomic E-state index is 5.56. The third-order valence-corrected chi connectivity index (χ3v) is 4.89. The smallest absolute Gasteiger partial charge is 0.235 e. The van der Waals surface area contributed by atoms with Crippen LogP contribution in [0.1, 0.15) is 55.0 Å². The van der Waals surface area contributed by atoms with Crippen LogP contribution in [-0.2, 0) is 0 Å². The van der Waals surface area contributed by atoms with Crippen LogP contribution in [0.2, 0.25) is 0 Å². The Balaban J connectivity index is 2.10. The number of fused-ring (bicyclic) bond motifs is 3. The molecule has 0 amide bonds. The number of methoxy groups -OCH3 is 1. The lowest BCUT2D eigenvalue weighted by Crippen LogP contribution is -2.30. The van der Waals surface area contributed by atoms with Crippen molar-refractivity contribution in [2.24, 2.45) is 5.92 Å². The van der Waals surface area contributed by atoms with Gasteiger partial charge < -0.3 is 4.74 Å². The predicted octanol–water partition coefficient (Wildman–Crippen LogP) is 2.44. The van der Waals surface area contributed by atoms with Gasteiger partial charge in [-0.2, -0.15) is 4.52 Å². The summed E-state index contributed by atoms with van der Waals surface area (Å²) in [5, 5.41) is 13.1. The molecule has 3 aliphatic rings. The molecule has 1 fully saturated rings. The highest BCUT2D eigenvalue weighted by molar-refractivity contribution is 5.59. The van der Waals surface area contributed by atoms with E-state index in [1.54, 1.807) is 7.11 Å². The van der Waals surface area contributed by atoms with Crippen molar-refractivity contribution in [2.75, 3.05) is 7.11 Å². The van der Waals surface area contributed by atoms with E-state index in [9.17, 15) is 0 Å². The van der Waals surface area contributed by atoms with Crippen molar-refractivity contribution in [3.63, 3.8) is 0 Å². The summed E-state index contributed by atoms with van der Waals surface area (Å²) in [4.78, 5) is 0. The number of aromatic nitrogens is 4. The molecule has 5 heteroatoms. The van der Waals surface area contributed by atoms with Gasteiger partial charge in [0.15, 0.2) is 11.5 Å². The fraction of sp³-hybridized carbons (Fsp3) is 0.643. The molecule has 5 nitrogen and oxygen atoms in total. The van der Waals surface area contributed by atoms with E-state index in [1.807, 2.05) is 11.4 Å². The van der Waals surface area contributed by atoms with Crippen molar-refractivity contribution in [2.45, 2.75) is 44.9 Å². The number of rotatable bonds is 1. The van der Waals surface area contributed by atoms with E-state index in [-0.39, 0.29) is 0 Å². The van der Waals surface area contributed by atoms with E-state index < -0.39 is 0 Å². The molecule has 2 aromatic rings. The molecule has 3 unspecified atom stereocenters. The predicted molar refractivity (Wildman–Crippen MR) is 70.6 cm³/mol. The van der Waals surface area contributed by atoms with Crippen molar-refractivity contribution in [3.05, 3.63) is 17.0 Å². The zero-order chi connectivity index (χ0) is 13.1. The maximum Gasteiger partial charge on any atom is 0.235 e. The van der Waals surface area contributed by atoms with Gasteiger partial charge in [0.2, 0.25) is 5.88 Å². The summed E-state index contributed by atoms with van der Waals surface area (Å²) in [5.41, 5.74) is 3.59. The monoisotopic (exact) mass is 258 g/mol. The van der Waals surface area contributed by atoms with Gasteiger partial charge in [0.1, 0.15) is 0 Å². The second-order valence-electron chi connectivity index (χ2n) is 5.91. The third-order valence-electron chi connectivity index (χ3n) is 4.89. The Morgan fingerprint density at radius 3 is 2.79 bits per heavy atom. The summed E-state index contributed by atoms with van der Waals surface area (Å²) in [7, 11) is 1.71. The highest BCUT2D eigenvalue weighted by Crippen LogP contribution is 2.55. The second kappa shape index (κ2) is 3.68. The fourth-order valence-electron chi connectivity index (χ4n) is 4.02. The van der Waals surface area contributed by atoms with E-state index in [2.05, 4.69) is 22.2 Å². The van der Waals surface area contributed by atoms with Gasteiger partial charge in [-0.3, -0.25) is 0 Å². The van der Waals surface area contributed by atoms with Crippen molar-refractivity contribution in [3.8, 4) is 5.88 Å². The third kappa shape index (κ3) is 1.33. The van der Waals surface area contributed by atoms with Gasteiger partial charge in [0.25, 0.3) is 0 Å². The van der Waals surface area contributed by atoms with Crippen LogP contribution in [0, 0.1) is 12.8 Å². The average Bonchev–Trinajstić information content (AvgIpc) is 2.80. The van der Waals surface area contributed by atoms with Crippen LogP contribution in [-0.4, -0.2) is 26.9 Å². The molecule has 0 aromatic carbocycles. The molecular weight excluding hydrogens is 240 g/mol. The summed E-state index contributed by atoms with van der Waals surface area (Å²) in [6, 6.07) is 0. The molecule has 2 bridgehead atoms. The summed E-state index contributed by atoms with van der Waals surface area (Å²) < 4.78 is 7.39. The van der Waals surface area contributed by atoms with Gasteiger partial charge in [-0.05, 0) is 43.9 Å². The first-order chi connectivity index (χ1) is 9.20. The Morgan fingerprint density at radius 2 is 2.05 bits per heavy atom. The minimum Gasteiger partial charge on any atom is -0.480 e. The molecule has 0 spiro atoms. The highest BCUT2D eigenvalue weighted by atomic mass is 16.5. The molecule has 0 N–H and O–H groups in total. The van der Waals surface area contributed by atoms with E-state index >= 15 is 0 Å². The van der Waals surface area contributed by atoms with Gasteiger partial charge in [0, 0.05) is 11.1 Å². The van der Waals surface area contributed by atoms with Crippen molar-refractivity contribution >= 4 is 5.65 Å². The van der Waals surface area contributed by atoms with Gasteiger partial charge in [-0.1, -0.05) is 6.92 Å². The van der Waals surface area contributed by atoms with E-state index in [0.717, 1.165) is 17.4 Å². The average molecular weight is 258 g/mol. The number of ether oxygens (including phenoxy) is 1. The van der Waals surface area contributed by atoms with E-state index in [0.29, 0.717) is 17.8 Å². The molecule has 3 aliphatic carbocycles. The van der Waals surface area contributed by atoms with Gasteiger partial charge in [0.05, 0.1) is 7.11 Å². The molecule has 19 heavy (non-hydrogen) atoms. The maximum absolute atomic E-state index is 5.56. The van der Waals surface area contributed by atoms with Crippen LogP contribution in [0.5, 0.6) is 5.88 Å². The Labute approximate surface area is 112 Å². The van der Waals surface area contributed by atoms with Crippen LogP contribution in [0.3, 0.4) is 0 Å². The number of hydrogen-bond donors (Lipinski definition) is 0. The van der Waals surface area contributed by atoms with E-state index in [1.165, 1.54) is 30.4 Å². The highest BCUT2D eigenvalue weighted by Gasteiger charge is 2.42. The van der Waals surface area contributed by atoms with Crippen molar-refractivity contribution in [1.29, 1.82) is 0 Å². The standard InChI is InChI=1S/C14H18N4O/c1-7-6-9-4-5-10(7)12-11(9)13-16-15-8(2)18(13)17-14(12)19-3/h7,9-10H,4-6H2,1-3H3. The Hall–Kier alpha value is -1.65. The molecule has 0 radical (unpaired) electrons. The molecule has 3 atom stereocenters. The zero-order valence-corrected chi connectivity index (χ0v) is 11.6. The summed E-state index contributed by atoms with van der Waals surface area (Å²) in [6.45, 7) is 4.28. The Morgan fingerprint density at radius 1 is 1.21 bits per heavy atom. The second-order valence-corrected chi connectivity index (χ2v) is 5.91. The van der Waals surface area contributed by atoms with Gasteiger partial charge >= 0.3 is 0 Å². The zero-order valence-electron chi connectivity index (χ0n) is 11.6. The molecule has 2 aromatic heterocycles. The lowest BCUT2D eigenvalue weighted by atomic mass is 9.63. The molecule has 5 rings (SSSR count). The quantitative estimate of drug-likeness (QED) is 0.788. The number of nitrogens with zero attached hydrogens (tertiary/aromatic N) is 4. The Kier molecular flexibility index (Phi) is 2.17. The lowest BCUT2D eigenvalue weighted by molar-refractivity contribution is 0.254. The lowest BCUT2D eigenvalue weighted by Gasteiger charge is -2.42. The minimum atomic E-state index is 0.574. The largest absolute Gasteiger partial charge is 0.480 e. The summed E-state index contributed by atoms with van der Waals surface area (Å²) in [6.07, 6.45) is 3.77. The molecular formula is C14H18N4O. The molecule has 1 saturated carbocycles. The molecule has 100 valence electrons. The SMILES string of the molecule is COc1nn2c(C)nnc2c2c1C1CCC2CC1C. The fourth-order valence-corrected chi connectivity index (χ4v) is 4.02. The Bertz CT molecular complexity index is 663. The first-order valence-electron chi connectivity index (χ1n) is 7.00. The van der Waals surface area contributed by atoms with Crippen molar-refractivity contribution in [1.82, 2.24) is 19.8 Å². The van der Waals surface area contributed by atoms with Crippen LogP contribution >= 0.6 is 0 Å². The van der Waals surface area contributed by atoms with E-state index in [4.69, 9.17) is 4.74 Å². The molecule has 0 saturated heterocycles. The van der Waals surface area contributed by atoms with Crippen molar-refractivity contribution < 1.29 is 4.74 Å². The van der Waals surface area contributed by atoms with Crippen LogP contribution in [0.25, 0.3) is 5.65 Å². The first-order valence-corrected chi connectivity index (χ1v) is 7.00. The molecule has 0 aliphatic heterocycles. The minimum absolute atomic E-state index is 0.574. The molecule has 2 heterocycles.